The van der Waals surface area contributed by atoms with Crippen molar-refractivity contribution in [3.63, 3.8) is 0 Å². The highest BCUT2D eigenvalue weighted by Crippen LogP contribution is 2.34. The number of amides is 1. The molecular formula is C22H18N2O3. The summed E-state index contributed by atoms with van der Waals surface area (Å²) in [6.45, 7) is 1.81. The summed E-state index contributed by atoms with van der Waals surface area (Å²) in [5.74, 6) is 1.96. The van der Waals surface area contributed by atoms with Crippen LogP contribution in [0.5, 0.6) is 11.5 Å². The summed E-state index contributed by atoms with van der Waals surface area (Å²) in [5, 5.41) is 2.81. The minimum absolute atomic E-state index is 0.0245. The quantitative estimate of drug-likeness (QED) is 0.502. The summed E-state index contributed by atoms with van der Waals surface area (Å²) in [4.78, 5) is 15.8. The Balaban J connectivity index is 1.60. The van der Waals surface area contributed by atoms with Crippen LogP contribution in [0, 0.1) is 0 Å². The first-order chi connectivity index (χ1) is 13.2. The zero-order valence-electron chi connectivity index (χ0n) is 14.8. The zero-order valence-corrected chi connectivity index (χ0v) is 14.8. The molecule has 0 aliphatic heterocycles. The largest absolute Gasteiger partial charge is 0.453 e. The molecule has 0 bridgehead atoms. The van der Waals surface area contributed by atoms with Gasteiger partial charge in [0, 0.05) is 36.0 Å². The van der Waals surface area contributed by atoms with E-state index in [0.717, 1.165) is 22.5 Å². The number of rotatable bonds is 5. The molecule has 0 atom stereocenters. The predicted molar refractivity (Wildman–Crippen MR) is 105 cm³/mol. The van der Waals surface area contributed by atoms with E-state index in [0.29, 0.717) is 23.5 Å². The van der Waals surface area contributed by atoms with E-state index < -0.39 is 0 Å². The summed E-state index contributed by atoms with van der Waals surface area (Å²) in [7, 11) is 0. The fraction of sp³-hybridized carbons (Fsp3) is 0.0909. The minimum atomic E-state index is -0.0245. The average Bonchev–Trinajstić information content (AvgIpc) is 3.15. The first-order valence-corrected chi connectivity index (χ1v) is 8.74. The molecule has 0 saturated carbocycles. The van der Waals surface area contributed by atoms with Crippen molar-refractivity contribution in [2.24, 2.45) is 0 Å². The Morgan fingerprint density at radius 3 is 2.59 bits per heavy atom. The maximum absolute atomic E-state index is 11.5. The van der Waals surface area contributed by atoms with E-state index in [-0.39, 0.29) is 5.91 Å². The van der Waals surface area contributed by atoms with Gasteiger partial charge in [0.2, 0.25) is 5.91 Å². The summed E-state index contributed by atoms with van der Waals surface area (Å²) in [6, 6.07) is 20.8. The Kier molecular flexibility index (Phi) is 4.58. The third kappa shape index (κ3) is 3.67. The molecule has 27 heavy (non-hydrogen) atoms. The van der Waals surface area contributed by atoms with Crippen molar-refractivity contribution >= 4 is 22.7 Å². The lowest BCUT2D eigenvalue weighted by molar-refractivity contribution is -0.115. The SMILES string of the molecule is CCC(=O)Nc1ccc(Oc2ccnc3cc(-c4ccccc4)oc23)cc1. The molecule has 1 amide bonds. The summed E-state index contributed by atoms with van der Waals surface area (Å²) in [5.41, 5.74) is 3.05. The number of anilines is 1. The Labute approximate surface area is 156 Å². The molecule has 2 aromatic carbocycles. The van der Waals surface area contributed by atoms with Gasteiger partial charge in [0.25, 0.3) is 0 Å². The molecule has 134 valence electrons. The number of nitrogens with one attached hydrogen (secondary N) is 1. The van der Waals surface area contributed by atoms with Gasteiger partial charge in [0.1, 0.15) is 17.0 Å². The molecule has 0 saturated heterocycles. The molecule has 4 aromatic rings. The van der Waals surface area contributed by atoms with Gasteiger partial charge < -0.3 is 14.5 Å². The minimum Gasteiger partial charge on any atom is -0.453 e. The van der Waals surface area contributed by atoms with Gasteiger partial charge in [-0.3, -0.25) is 9.78 Å². The van der Waals surface area contributed by atoms with Crippen LogP contribution >= 0.6 is 0 Å². The first-order valence-electron chi connectivity index (χ1n) is 8.74. The number of furan rings is 1. The number of hydrogen-bond acceptors (Lipinski definition) is 4. The molecule has 0 aliphatic carbocycles. The molecule has 0 spiro atoms. The smallest absolute Gasteiger partial charge is 0.224 e. The normalized spacial score (nSPS) is 10.7. The molecule has 5 nitrogen and oxygen atoms in total. The van der Waals surface area contributed by atoms with Crippen molar-refractivity contribution in [2.45, 2.75) is 13.3 Å². The summed E-state index contributed by atoms with van der Waals surface area (Å²) >= 11 is 0. The van der Waals surface area contributed by atoms with Gasteiger partial charge in [-0.15, -0.1) is 0 Å². The van der Waals surface area contributed by atoms with Gasteiger partial charge in [-0.1, -0.05) is 37.3 Å². The number of nitrogens with zero attached hydrogens (tertiary/aromatic N) is 1. The van der Waals surface area contributed by atoms with E-state index in [9.17, 15) is 4.79 Å². The maximum atomic E-state index is 11.5. The lowest BCUT2D eigenvalue weighted by atomic mass is 10.2. The van der Waals surface area contributed by atoms with E-state index in [2.05, 4.69) is 10.3 Å². The Hall–Kier alpha value is -3.60. The van der Waals surface area contributed by atoms with E-state index in [4.69, 9.17) is 9.15 Å². The highest BCUT2D eigenvalue weighted by atomic mass is 16.5. The molecule has 0 fully saturated rings. The van der Waals surface area contributed by atoms with Crippen molar-refractivity contribution in [3.05, 3.63) is 72.9 Å². The highest BCUT2D eigenvalue weighted by Gasteiger charge is 2.12. The van der Waals surface area contributed by atoms with Gasteiger partial charge in [-0.2, -0.15) is 0 Å². The molecule has 0 aliphatic rings. The number of pyridine rings is 1. The number of aromatic nitrogens is 1. The molecule has 0 unspecified atom stereocenters. The Morgan fingerprint density at radius 2 is 1.85 bits per heavy atom. The third-order valence-corrected chi connectivity index (χ3v) is 4.12. The number of benzene rings is 2. The molecular weight excluding hydrogens is 340 g/mol. The van der Waals surface area contributed by atoms with Crippen LogP contribution in [0.3, 0.4) is 0 Å². The first kappa shape index (κ1) is 16.8. The molecule has 1 N–H and O–H groups in total. The second-order valence-electron chi connectivity index (χ2n) is 6.03. The maximum Gasteiger partial charge on any atom is 0.224 e. The number of carbonyl (C=O) groups excluding carboxylic acids is 1. The topological polar surface area (TPSA) is 64.4 Å². The predicted octanol–water partition coefficient (Wildman–Crippen LogP) is 5.64. The van der Waals surface area contributed by atoms with Gasteiger partial charge in [-0.05, 0) is 24.3 Å². The summed E-state index contributed by atoms with van der Waals surface area (Å²) in [6.07, 6.45) is 2.13. The molecule has 0 radical (unpaired) electrons. The molecule has 5 heteroatoms. The van der Waals surface area contributed by atoms with Gasteiger partial charge in [0.05, 0.1) is 0 Å². The molecule has 2 aromatic heterocycles. The fourth-order valence-electron chi connectivity index (χ4n) is 2.72. The second-order valence-corrected chi connectivity index (χ2v) is 6.03. The van der Waals surface area contributed by atoms with E-state index in [1.165, 1.54) is 0 Å². The zero-order chi connectivity index (χ0) is 18.6. The Morgan fingerprint density at radius 1 is 1.07 bits per heavy atom. The van der Waals surface area contributed by atoms with Crippen molar-refractivity contribution < 1.29 is 13.9 Å². The van der Waals surface area contributed by atoms with Crippen LogP contribution < -0.4 is 10.1 Å². The van der Waals surface area contributed by atoms with E-state index >= 15 is 0 Å². The molecule has 2 heterocycles. The van der Waals surface area contributed by atoms with Gasteiger partial charge in [0.15, 0.2) is 11.3 Å². The monoisotopic (exact) mass is 358 g/mol. The fourth-order valence-corrected chi connectivity index (χ4v) is 2.72. The van der Waals surface area contributed by atoms with E-state index in [1.807, 2.05) is 43.3 Å². The van der Waals surface area contributed by atoms with Crippen LogP contribution in [0.2, 0.25) is 0 Å². The third-order valence-electron chi connectivity index (χ3n) is 4.12. The van der Waals surface area contributed by atoms with Gasteiger partial charge >= 0.3 is 0 Å². The summed E-state index contributed by atoms with van der Waals surface area (Å²) < 4.78 is 12.0. The van der Waals surface area contributed by atoms with Crippen molar-refractivity contribution in [2.75, 3.05) is 5.32 Å². The Bertz CT molecular complexity index is 1070. The average molecular weight is 358 g/mol. The number of carbonyl (C=O) groups is 1. The van der Waals surface area contributed by atoms with Crippen LogP contribution in [0.15, 0.2) is 77.3 Å². The number of fused-ring (bicyclic) bond motifs is 1. The van der Waals surface area contributed by atoms with Crippen LogP contribution in [-0.4, -0.2) is 10.9 Å². The van der Waals surface area contributed by atoms with Gasteiger partial charge in [-0.25, -0.2) is 0 Å². The van der Waals surface area contributed by atoms with Crippen molar-refractivity contribution in [1.82, 2.24) is 4.98 Å². The second kappa shape index (κ2) is 7.33. The molecule has 4 rings (SSSR count). The standard InChI is InChI=1S/C22H18N2O3/c1-2-21(25)24-16-8-10-17(11-9-16)26-19-12-13-23-18-14-20(27-22(18)19)15-6-4-3-5-7-15/h3-14H,2H2,1H3,(H,24,25). The number of hydrogen-bond donors (Lipinski definition) is 1. The highest BCUT2D eigenvalue weighted by molar-refractivity contribution is 5.90. The van der Waals surface area contributed by atoms with Crippen LogP contribution in [0.25, 0.3) is 22.4 Å². The van der Waals surface area contributed by atoms with Crippen LogP contribution in [-0.2, 0) is 4.79 Å². The lowest BCUT2D eigenvalue weighted by Crippen LogP contribution is -2.08. The van der Waals surface area contributed by atoms with E-state index in [1.54, 1.807) is 36.5 Å². The van der Waals surface area contributed by atoms with Crippen molar-refractivity contribution in [1.29, 1.82) is 0 Å². The lowest BCUT2D eigenvalue weighted by Gasteiger charge is -2.08. The number of ether oxygens (including phenoxy) is 1. The van der Waals surface area contributed by atoms with Crippen LogP contribution in [0.1, 0.15) is 13.3 Å². The van der Waals surface area contributed by atoms with Crippen molar-refractivity contribution in [3.8, 4) is 22.8 Å². The van der Waals surface area contributed by atoms with Crippen LogP contribution in [0.4, 0.5) is 5.69 Å².